The molecule has 18 heavy (non-hydrogen) atoms. The number of nitrogens with two attached hydrogens (primary N) is 1. The van der Waals surface area contributed by atoms with Crippen molar-refractivity contribution in [3.05, 3.63) is 47.4 Å². The molecule has 2 N–H and O–H groups in total. The summed E-state index contributed by atoms with van der Waals surface area (Å²) in [6, 6.07) is 5.96. The van der Waals surface area contributed by atoms with Crippen LogP contribution in [0.15, 0.2) is 30.6 Å². The minimum atomic E-state index is 0.223. The van der Waals surface area contributed by atoms with E-state index in [2.05, 4.69) is 16.0 Å². The summed E-state index contributed by atoms with van der Waals surface area (Å²) in [6.07, 6.45) is 3.01. The molecule has 0 aliphatic heterocycles. The van der Waals surface area contributed by atoms with Crippen molar-refractivity contribution in [2.75, 3.05) is 0 Å². The van der Waals surface area contributed by atoms with Gasteiger partial charge in [0.05, 0.1) is 12.4 Å². The molecule has 0 fully saturated rings. The minimum absolute atomic E-state index is 0.223. The van der Waals surface area contributed by atoms with Crippen LogP contribution in [0.5, 0.6) is 11.6 Å². The molecule has 0 bridgehead atoms. The summed E-state index contributed by atoms with van der Waals surface area (Å²) in [6.45, 7) is 4.03. The van der Waals surface area contributed by atoms with Gasteiger partial charge in [0.2, 0.25) is 5.88 Å². The first-order chi connectivity index (χ1) is 8.54. The van der Waals surface area contributed by atoms with Crippen molar-refractivity contribution < 1.29 is 4.74 Å². The maximum absolute atomic E-state index is 5.62. The Hall–Kier alpha value is -2.01. The Morgan fingerprint density at radius 3 is 2.28 bits per heavy atom. The summed E-state index contributed by atoms with van der Waals surface area (Å²) in [5.74, 6) is 1.16. The molecular weight excluding hydrogens is 246 g/mol. The quantitative estimate of drug-likeness (QED) is 0.858. The molecule has 0 saturated carbocycles. The number of hydrogen-bond donors (Lipinski definition) is 1. The second-order valence-electron chi connectivity index (χ2n) is 4.03. The Balaban J connectivity index is 2.20. The van der Waals surface area contributed by atoms with Gasteiger partial charge in [-0.05, 0) is 37.1 Å². The summed E-state index contributed by atoms with van der Waals surface area (Å²) in [5, 5.41) is 0. The van der Waals surface area contributed by atoms with Gasteiger partial charge in [-0.2, -0.15) is 0 Å². The highest BCUT2D eigenvalue weighted by atomic mass is 32.1. The molecule has 2 aromatic rings. The molecule has 5 heteroatoms. The van der Waals surface area contributed by atoms with Crippen molar-refractivity contribution in [1.82, 2.24) is 9.97 Å². The fraction of sp³-hybridized carbons (Fsp3) is 0.154. The number of hydrogen-bond acceptors (Lipinski definition) is 4. The van der Waals surface area contributed by atoms with Gasteiger partial charge in [0.15, 0.2) is 0 Å². The van der Waals surface area contributed by atoms with E-state index in [0.717, 1.165) is 16.9 Å². The summed E-state index contributed by atoms with van der Waals surface area (Å²) in [5.41, 5.74) is 8.20. The van der Waals surface area contributed by atoms with Gasteiger partial charge in [-0.3, -0.25) is 0 Å². The standard InChI is InChI=1S/C13H13N3OS/c1-8-3-9(2)5-10(4-8)17-12-7-15-11(6-16-12)13(14)18/h3-7H,1-2H3,(H2,14,18). The second kappa shape index (κ2) is 5.10. The van der Waals surface area contributed by atoms with Gasteiger partial charge in [0, 0.05) is 0 Å². The highest BCUT2D eigenvalue weighted by molar-refractivity contribution is 7.80. The van der Waals surface area contributed by atoms with E-state index < -0.39 is 0 Å². The zero-order chi connectivity index (χ0) is 13.1. The predicted molar refractivity (Wildman–Crippen MR) is 73.9 cm³/mol. The fourth-order valence-corrected chi connectivity index (χ4v) is 1.71. The predicted octanol–water partition coefficient (Wildman–Crippen LogP) is 2.52. The summed E-state index contributed by atoms with van der Waals surface area (Å²) < 4.78 is 5.62. The lowest BCUT2D eigenvalue weighted by molar-refractivity contribution is 0.459. The maximum atomic E-state index is 5.62. The van der Waals surface area contributed by atoms with E-state index in [-0.39, 0.29) is 4.99 Å². The third kappa shape index (κ3) is 3.01. The molecule has 0 aliphatic rings. The van der Waals surface area contributed by atoms with Crippen LogP contribution in [0.1, 0.15) is 16.8 Å². The molecule has 0 amide bonds. The van der Waals surface area contributed by atoms with Gasteiger partial charge in [-0.15, -0.1) is 0 Å². The van der Waals surface area contributed by atoms with Crippen molar-refractivity contribution in [3.8, 4) is 11.6 Å². The Labute approximate surface area is 111 Å². The van der Waals surface area contributed by atoms with Crippen molar-refractivity contribution in [1.29, 1.82) is 0 Å². The third-order valence-electron chi connectivity index (χ3n) is 2.30. The molecule has 0 spiro atoms. The molecule has 0 saturated heterocycles. The van der Waals surface area contributed by atoms with Gasteiger partial charge in [-0.25, -0.2) is 9.97 Å². The number of aromatic nitrogens is 2. The highest BCUT2D eigenvalue weighted by Crippen LogP contribution is 2.21. The van der Waals surface area contributed by atoms with Crippen LogP contribution in [0, 0.1) is 13.8 Å². The molecule has 0 atom stereocenters. The van der Waals surface area contributed by atoms with Crippen LogP contribution in [0.4, 0.5) is 0 Å². The van der Waals surface area contributed by atoms with Crippen molar-refractivity contribution >= 4 is 17.2 Å². The Kier molecular flexibility index (Phi) is 3.53. The lowest BCUT2D eigenvalue weighted by Gasteiger charge is -2.06. The van der Waals surface area contributed by atoms with Crippen molar-refractivity contribution in [3.63, 3.8) is 0 Å². The Bertz CT molecular complexity index is 561. The van der Waals surface area contributed by atoms with Crippen LogP contribution in [0.2, 0.25) is 0 Å². The number of thiocarbonyl (C=S) groups is 1. The zero-order valence-corrected chi connectivity index (χ0v) is 11.0. The topological polar surface area (TPSA) is 61.0 Å². The van der Waals surface area contributed by atoms with Crippen LogP contribution < -0.4 is 10.5 Å². The zero-order valence-electron chi connectivity index (χ0n) is 10.2. The molecule has 1 aromatic carbocycles. The van der Waals surface area contributed by atoms with Crippen molar-refractivity contribution in [2.45, 2.75) is 13.8 Å². The molecule has 92 valence electrons. The fourth-order valence-electron chi connectivity index (χ4n) is 1.61. The third-order valence-corrected chi connectivity index (χ3v) is 2.51. The van der Waals surface area contributed by atoms with Gasteiger partial charge in [-0.1, -0.05) is 18.3 Å². The number of aryl methyl sites for hydroxylation is 2. The lowest BCUT2D eigenvalue weighted by Crippen LogP contribution is -2.11. The van der Waals surface area contributed by atoms with Crippen LogP contribution in [-0.2, 0) is 0 Å². The average molecular weight is 259 g/mol. The molecule has 2 rings (SSSR count). The SMILES string of the molecule is Cc1cc(C)cc(Oc2cnc(C(N)=S)cn2)c1. The monoisotopic (exact) mass is 259 g/mol. The maximum Gasteiger partial charge on any atom is 0.237 e. The number of ether oxygens (including phenoxy) is 1. The first kappa shape index (κ1) is 12.4. The van der Waals surface area contributed by atoms with Crippen LogP contribution in [0.3, 0.4) is 0 Å². The molecule has 4 nitrogen and oxygen atoms in total. The van der Waals surface area contributed by atoms with E-state index in [4.69, 9.17) is 22.7 Å². The van der Waals surface area contributed by atoms with Crippen LogP contribution >= 0.6 is 12.2 Å². The largest absolute Gasteiger partial charge is 0.437 e. The molecule has 1 heterocycles. The minimum Gasteiger partial charge on any atom is -0.437 e. The van der Waals surface area contributed by atoms with Crippen molar-refractivity contribution in [2.24, 2.45) is 5.73 Å². The number of benzene rings is 1. The Morgan fingerprint density at radius 2 is 1.78 bits per heavy atom. The molecule has 0 radical (unpaired) electrons. The number of nitrogens with zero attached hydrogens (tertiary/aromatic N) is 2. The molecular formula is C13H13N3OS. The second-order valence-corrected chi connectivity index (χ2v) is 4.47. The molecule has 0 unspecified atom stereocenters. The van der Waals surface area contributed by atoms with Gasteiger partial charge >= 0.3 is 0 Å². The highest BCUT2D eigenvalue weighted by Gasteiger charge is 2.03. The van der Waals surface area contributed by atoms with E-state index in [1.165, 1.54) is 12.4 Å². The van der Waals surface area contributed by atoms with E-state index in [9.17, 15) is 0 Å². The van der Waals surface area contributed by atoms with Crippen LogP contribution in [-0.4, -0.2) is 15.0 Å². The summed E-state index contributed by atoms with van der Waals surface area (Å²) in [7, 11) is 0. The first-order valence-corrected chi connectivity index (χ1v) is 5.83. The summed E-state index contributed by atoms with van der Waals surface area (Å²) >= 11 is 4.80. The van der Waals surface area contributed by atoms with E-state index in [1.54, 1.807) is 0 Å². The molecule has 0 aliphatic carbocycles. The van der Waals surface area contributed by atoms with E-state index >= 15 is 0 Å². The summed E-state index contributed by atoms with van der Waals surface area (Å²) in [4.78, 5) is 8.39. The van der Waals surface area contributed by atoms with E-state index in [0.29, 0.717) is 11.6 Å². The average Bonchev–Trinajstić information content (AvgIpc) is 2.28. The van der Waals surface area contributed by atoms with Gasteiger partial charge in [0.25, 0.3) is 0 Å². The normalized spacial score (nSPS) is 10.1. The van der Waals surface area contributed by atoms with Crippen LogP contribution in [0.25, 0.3) is 0 Å². The lowest BCUT2D eigenvalue weighted by atomic mass is 10.1. The number of rotatable bonds is 3. The Morgan fingerprint density at radius 1 is 1.11 bits per heavy atom. The van der Waals surface area contributed by atoms with Gasteiger partial charge < -0.3 is 10.5 Å². The first-order valence-electron chi connectivity index (χ1n) is 5.42. The van der Waals surface area contributed by atoms with E-state index in [1.807, 2.05) is 26.0 Å². The molecule has 1 aromatic heterocycles. The smallest absolute Gasteiger partial charge is 0.237 e. The van der Waals surface area contributed by atoms with Gasteiger partial charge in [0.1, 0.15) is 16.4 Å².